The van der Waals surface area contributed by atoms with Crippen molar-refractivity contribution in [2.45, 2.75) is 38.3 Å². The number of rotatable bonds is 7. The van der Waals surface area contributed by atoms with E-state index in [-0.39, 0.29) is 31.0 Å². The summed E-state index contributed by atoms with van der Waals surface area (Å²) in [6.45, 7) is 0.579. The molecule has 0 unspecified atom stereocenters. The molecule has 2 aliphatic rings. The van der Waals surface area contributed by atoms with Crippen molar-refractivity contribution in [2.75, 3.05) is 13.4 Å². The van der Waals surface area contributed by atoms with Gasteiger partial charge in [-0.15, -0.1) is 0 Å². The van der Waals surface area contributed by atoms with Gasteiger partial charge in [-0.05, 0) is 42.7 Å². The van der Waals surface area contributed by atoms with E-state index in [0.717, 1.165) is 31.2 Å². The number of benzene rings is 2. The van der Waals surface area contributed by atoms with Gasteiger partial charge in [-0.1, -0.05) is 18.9 Å². The number of nitro groups is 1. The predicted molar refractivity (Wildman–Crippen MR) is 104 cm³/mol. The fourth-order valence-electron chi connectivity index (χ4n) is 3.76. The fraction of sp³-hybridized carbons (Fsp3) is 0.381. The van der Waals surface area contributed by atoms with E-state index in [2.05, 4.69) is 0 Å². The van der Waals surface area contributed by atoms with Gasteiger partial charge in [0.15, 0.2) is 18.1 Å². The van der Waals surface area contributed by atoms with Crippen LogP contribution >= 0.6 is 0 Å². The van der Waals surface area contributed by atoms with E-state index < -0.39 is 4.92 Å². The molecule has 4 rings (SSSR count). The monoisotopic (exact) mass is 398 g/mol. The number of nitrogens with zero attached hydrogens (tertiary/aromatic N) is 2. The Labute approximate surface area is 168 Å². The summed E-state index contributed by atoms with van der Waals surface area (Å²) in [6, 6.07) is 11.6. The zero-order chi connectivity index (χ0) is 20.2. The van der Waals surface area contributed by atoms with Crippen LogP contribution in [0.2, 0.25) is 0 Å². The lowest BCUT2D eigenvalue weighted by Gasteiger charge is -2.29. The summed E-state index contributed by atoms with van der Waals surface area (Å²) in [5.74, 6) is 1.74. The maximum atomic E-state index is 13.0. The second kappa shape index (κ2) is 8.38. The van der Waals surface area contributed by atoms with Crippen molar-refractivity contribution in [1.29, 1.82) is 0 Å². The number of hydrogen-bond acceptors (Lipinski definition) is 6. The molecule has 0 aromatic heterocycles. The van der Waals surface area contributed by atoms with Gasteiger partial charge >= 0.3 is 0 Å². The van der Waals surface area contributed by atoms with Crippen LogP contribution in [0.25, 0.3) is 0 Å². The minimum Gasteiger partial charge on any atom is -0.484 e. The molecule has 2 aromatic carbocycles. The fourth-order valence-corrected chi connectivity index (χ4v) is 3.76. The van der Waals surface area contributed by atoms with E-state index in [4.69, 9.17) is 14.2 Å². The molecular weight excluding hydrogens is 376 g/mol. The molecule has 29 heavy (non-hydrogen) atoms. The quantitative estimate of drug-likeness (QED) is 0.522. The SMILES string of the molecule is O=C(COc1ccc([N+](=O)[O-])cc1)N(Cc1ccc2c(c1)OCO2)C1CCCC1. The van der Waals surface area contributed by atoms with Crippen LogP contribution in [0.5, 0.6) is 17.2 Å². The molecular formula is C21H22N2O6. The van der Waals surface area contributed by atoms with Gasteiger partial charge in [-0.25, -0.2) is 0 Å². The summed E-state index contributed by atoms with van der Waals surface area (Å²) in [5, 5.41) is 10.7. The van der Waals surface area contributed by atoms with Crippen molar-refractivity contribution in [2.24, 2.45) is 0 Å². The zero-order valence-corrected chi connectivity index (χ0v) is 15.9. The maximum absolute atomic E-state index is 13.0. The summed E-state index contributed by atoms with van der Waals surface area (Å²) in [4.78, 5) is 25.1. The molecule has 1 aliphatic carbocycles. The van der Waals surface area contributed by atoms with Crippen LogP contribution in [0.3, 0.4) is 0 Å². The largest absolute Gasteiger partial charge is 0.484 e. The Morgan fingerprint density at radius 2 is 1.83 bits per heavy atom. The molecule has 0 spiro atoms. The Morgan fingerprint density at radius 3 is 2.55 bits per heavy atom. The van der Waals surface area contributed by atoms with Gasteiger partial charge < -0.3 is 19.1 Å². The second-order valence-corrected chi connectivity index (χ2v) is 7.19. The summed E-state index contributed by atoms with van der Waals surface area (Å²) in [6.07, 6.45) is 4.18. The van der Waals surface area contributed by atoms with Crippen molar-refractivity contribution in [1.82, 2.24) is 4.90 Å². The van der Waals surface area contributed by atoms with Crippen LogP contribution in [0, 0.1) is 10.1 Å². The van der Waals surface area contributed by atoms with Gasteiger partial charge in [0.2, 0.25) is 6.79 Å². The first-order chi connectivity index (χ1) is 14.1. The predicted octanol–water partition coefficient (Wildman–Crippen LogP) is 3.67. The number of nitro benzene ring substituents is 1. The third-order valence-corrected chi connectivity index (χ3v) is 5.29. The Bertz CT molecular complexity index is 893. The molecule has 0 radical (unpaired) electrons. The Kier molecular flexibility index (Phi) is 5.50. The number of ether oxygens (including phenoxy) is 3. The molecule has 0 bridgehead atoms. The number of hydrogen-bond donors (Lipinski definition) is 0. The lowest BCUT2D eigenvalue weighted by Crippen LogP contribution is -2.41. The minimum atomic E-state index is -0.470. The highest BCUT2D eigenvalue weighted by molar-refractivity contribution is 5.78. The summed E-state index contributed by atoms with van der Waals surface area (Å²) in [5.41, 5.74) is 0.962. The third-order valence-electron chi connectivity index (χ3n) is 5.29. The number of carbonyl (C=O) groups excluding carboxylic acids is 1. The Balaban J connectivity index is 1.43. The Morgan fingerprint density at radius 1 is 1.10 bits per heavy atom. The first kappa shape index (κ1) is 19.0. The van der Waals surface area contributed by atoms with Gasteiger partial charge in [0.05, 0.1) is 4.92 Å². The summed E-state index contributed by atoms with van der Waals surface area (Å²) in [7, 11) is 0. The highest BCUT2D eigenvalue weighted by Crippen LogP contribution is 2.33. The van der Waals surface area contributed by atoms with E-state index in [1.165, 1.54) is 24.3 Å². The molecule has 0 saturated heterocycles. The van der Waals surface area contributed by atoms with E-state index in [1.54, 1.807) is 0 Å². The second-order valence-electron chi connectivity index (χ2n) is 7.19. The summed E-state index contributed by atoms with van der Waals surface area (Å²) >= 11 is 0. The highest BCUT2D eigenvalue weighted by Gasteiger charge is 2.27. The van der Waals surface area contributed by atoms with Crippen molar-refractivity contribution in [3.63, 3.8) is 0 Å². The van der Waals surface area contributed by atoms with E-state index in [1.807, 2.05) is 23.1 Å². The van der Waals surface area contributed by atoms with Crippen LogP contribution in [0.15, 0.2) is 42.5 Å². The van der Waals surface area contributed by atoms with Gasteiger partial charge in [0, 0.05) is 24.7 Å². The maximum Gasteiger partial charge on any atom is 0.269 e. The topological polar surface area (TPSA) is 91.1 Å². The van der Waals surface area contributed by atoms with Crippen molar-refractivity contribution >= 4 is 11.6 Å². The highest BCUT2D eigenvalue weighted by atomic mass is 16.7. The average Bonchev–Trinajstić information content (AvgIpc) is 3.42. The molecule has 1 amide bonds. The molecule has 1 aliphatic heterocycles. The molecule has 8 heteroatoms. The first-order valence-electron chi connectivity index (χ1n) is 9.65. The molecule has 2 aromatic rings. The van der Waals surface area contributed by atoms with Crippen LogP contribution in [-0.2, 0) is 11.3 Å². The van der Waals surface area contributed by atoms with Crippen LogP contribution in [0.4, 0.5) is 5.69 Å². The molecule has 8 nitrogen and oxygen atoms in total. The van der Waals surface area contributed by atoms with Crippen LogP contribution in [-0.4, -0.2) is 35.2 Å². The smallest absolute Gasteiger partial charge is 0.269 e. The van der Waals surface area contributed by atoms with Gasteiger partial charge in [-0.2, -0.15) is 0 Å². The van der Waals surface area contributed by atoms with Crippen molar-refractivity contribution in [3.05, 3.63) is 58.1 Å². The molecule has 152 valence electrons. The lowest BCUT2D eigenvalue weighted by molar-refractivity contribution is -0.384. The number of fused-ring (bicyclic) bond motifs is 1. The first-order valence-corrected chi connectivity index (χ1v) is 9.65. The number of non-ortho nitro benzene ring substituents is 1. The lowest BCUT2D eigenvalue weighted by atomic mass is 10.1. The zero-order valence-electron chi connectivity index (χ0n) is 15.9. The Hall–Kier alpha value is -3.29. The molecule has 1 heterocycles. The van der Waals surface area contributed by atoms with Crippen molar-refractivity contribution < 1.29 is 23.9 Å². The standard InChI is InChI=1S/C21H22N2O6/c24-21(13-27-18-8-6-17(7-9-18)23(25)26)22(16-3-1-2-4-16)12-15-5-10-19-20(11-15)29-14-28-19/h5-11,16H,1-4,12-14H2. The third kappa shape index (κ3) is 4.42. The van der Waals surface area contributed by atoms with Gasteiger partial charge in [0.1, 0.15) is 5.75 Å². The van der Waals surface area contributed by atoms with E-state index in [9.17, 15) is 14.9 Å². The number of amides is 1. The van der Waals surface area contributed by atoms with Gasteiger partial charge in [0.25, 0.3) is 11.6 Å². The van der Waals surface area contributed by atoms with Gasteiger partial charge in [-0.3, -0.25) is 14.9 Å². The van der Waals surface area contributed by atoms with E-state index >= 15 is 0 Å². The summed E-state index contributed by atoms with van der Waals surface area (Å²) < 4.78 is 16.4. The molecule has 0 N–H and O–H groups in total. The minimum absolute atomic E-state index is 0.0148. The molecule has 1 saturated carbocycles. The van der Waals surface area contributed by atoms with E-state index in [0.29, 0.717) is 23.8 Å². The average molecular weight is 398 g/mol. The van der Waals surface area contributed by atoms with Crippen LogP contribution in [0.1, 0.15) is 31.2 Å². The van der Waals surface area contributed by atoms with Crippen LogP contribution < -0.4 is 14.2 Å². The number of carbonyl (C=O) groups is 1. The van der Waals surface area contributed by atoms with Crippen molar-refractivity contribution in [3.8, 4) is 17.2 Å². The molecule has 0 atom stereocenters. The normalized spacial score (nSPS) is 15.3. The molecule has 1 fully saturated rings.